The second-order valence-corrected chi connectivity index (χ2v) is 5.80. The quantitative estimate of drug-likeness (QED) is 0.873. The van der Waals surface area contributed by atoms with Crippen LogP contribution in [0.2, 0.25) is 0 Å². The van der Waals surface area contributed by atoms with Crippen molar-refractivity contribution in [1.29, 1.82) is 0 Å². The molecule has 1 N–H and O–H groups in total. The molecule has 1 aliphatic carbocycles. The first-order valence-corrected chi connectivity index (χ1v) is 7.57. The van der Waals surface area contributed by atoms with Crippen LogP contribution in [-0.2, 0) is 6.42 Å². The van der Waals surface area contributed by atoms with Gasteiger partial charge in [-0.1, -0.05) is 25.5 Å². The van der Waals surface area contributed by atoms with E-state index in [1.54, 1.807) is 7.11 Å². The summed E-state index contributed by atoms with van der Waals surface area (Å²) in [5.74, 6) is 2.65. The molecule has 0 spiro atoms. The number of methoxy groups -OCH3 is 1. The lowest BCUT2D eigenvalue weighted by Crippen LogP contribution is -2.39. The van der Waals surface area contributed by atoms with Crippen LogP contribution in [0, 0.1) is 11.8 Å². The Balaban J connectivity index is 2.05. The van der Waals surface area contributed by atoms with Gasteiger partial charge in [-0.15, -0.1) is 0 Å². The average molecular weight is 261 g/mol. The van der Waals surface area contributed by atoms with E-state index in [2.05, 4.69) is 37.5 Å². The van der Waals surface area contributed by atoms with Gasteiger partial charge in [-0.25, -0.2) is 0 Å². The molecular formula is C17H27NO. The molecule has 0 bridgehead atoms. The van der Waals surface area contributed by atoms with Crippen LogP contribution >= 0.6 is 0 Å². The highest BCUT2D eigenvalue weighted by Gasteiger charge is 2.28. The molecule has 0 amide bonds. The highest BCUT2D eigenvalue weighted by atomic mass is 16.5. The van der Waals surface area contributed by atoms with Crippen molar-refractivity contribution in [2.75, 3.05) is 14.2 Å². The number of nitrogens with one attached hydrogen (secondary N) is 1. The van der Waals surface area contributed by atoms with E-state index < -0.39 is 0 Å². The van der Waals surface area contributed by atoms with Crippen molar-refractivity contribution in [3.63, 3.8) is 0 Å². The third-order valence-electron chi connectivity index (χ3n) is 4.67. The molecule has 2 nitrogen and oxygen atoms in total. The van der Waals surface area contributed by atoms with Crippen LogP contribution in [0.3, 0.4) is 0 Å². The second kappa shape index (κ2) is 6.95. The Labute approximate surface area is 117 Å². The van der Waals surface area contributed by atoms with Gasteiger partial charge in [0.15, 0.2) is 0 Å². The smallest absolute Gasteiger partial charge is 0.119 e. The van der Waals surface area contributed by atoms with E-state index in [0.717, 1.165) is 17.6 Å². The molecule has 3 unspecified atom stereocenters. The zero-order valence-electron chi connectivity index (χ0n) is 12.5. The lowest BCUT2D eigenvalue weighted by atomic mass is 9.74. The molecule has 19 heavy (non-hydrogen) atoms. The monoisotopic (exact) mass is 261 g/mol. The molecule has 0 heterocycles. The van der Waals surface area contributed by atoms with Crippen LogP contribution < -0.4 is 10.1 Å². The van der Waals surface area contributed by atoms with Crippen LogP contribution in [0.15, 0.2) is 24.3 Å². The maximum absolute atomic E-state index is 5.32. The molecule has 0 aromatic heterocycles. The van der Waals surface area contributed by atoms with Gasteiger partial charge in [-0.05, 0) is 62.3 Å². The SMILES string of the molecule is CCC1CCC(NC)C(Cc2cccc(OC)c2)C1. The van der Waals surface area contributed by atoms with Crippen molar-refractivity contribution < 1.29 is 4.74 Å². The number of rotatable bonds is 5. The Bertz CT molecular complexity index is 391. The maximum atomic E-state index is 5.32. The largest absolute Gasteiger partial charge is 0.497 e. The van der Waals surface area contributed by atoms with Gasteiger partial charge in [0.2, 0.25) is 0 Å². The molecule has 1 aromatic carbocycles. The minimum Gasteiger partial charge on any atom is -0.497 e. The fourth-order valence-corrected chi connectivity index (χ4v) is 3.44. The summed E-state index contributed by atoms with van der Waals surface area (Å²) in [5, 5.41) is 3.52. The fraction of sp³-hybridized carbons (Fsp3) is 0.647. The Hall–Kier alpha value is -1.02. The Morgan fingerprint density at radius 1 is 1.32 bits per heavy atom. The van der Waals surface area contributed by atoms with Crippen molar-refractivity contribution in [2.45, 2.75) is 45.1 Å². The van der Waals surface area contributed by atoms with Crippen molar-refractivity contribution in [3.05, 3.63) is 29.8 Å². The zero-order valence-corrected chi connectivity index (χ0v) is 12.5. The van der Waals surface area contributed by atoms with Crippen molar-refractivity contribution >= 4 is 0 Å². The predicted molar refractivity (Wildman–Crippen MR) is 80.7 cm³/mol. The van der Waals surface area contributed by atoms with Crippen LogP contribution in [-0.4, -0.2) is 20.2 Å². The molecule has 1 aliphatic rings. The summed E-state index contributed by atoms with van der Waals surface area (Å²) in [7, 11) is 3.85. The van der Waals surface area contributed by atoms with E-state index in [0.29, 0.717) is 6.04 Å². The third-order valence-corrected chi connectivity index (χ3v) is 4.67. The van der Waals surface area contributed by atoms with Crippen molar-refractivity contribution in [1.82, 2.24) is 5.32 Å². The number of hydrogen-bond donors (Lipinski definition) is 1. The molecule has 1 fully saturated rings. The number of benzene rings is 1. The standard InChI is InChI=1S/C17H27NO/c1-4-13-8-9-17(18-2)15(10-13)11-14-6-5-7-16(12-14)19-3/h5-7,12-13,15,17-18H,4,8-11H2,1-3H3. The zero-order chi connectivity index (χ0) is 13.7. The Kier molecular flexibility index (Phi) is 5.26. The minimum absolute atomic E-state index is 0.675. The van der Waals surface area contributed by atoms with Crippen molar-refractivity contribution in [2.24, 2.45) is 11.8 Å². The van der Waals surface area contributed by atoms with E-state index in [1.165, 1.54) is 37.7 Å². The lowest BCUT2D eigenvalue weighted by molar-refractivity contribution is 0.205. The second-order valence-electron chi connectivity index (χ2n) is 5.80. The maximum Gasteiger partial charge on any atom is 0.119 e. The van der Waals surface area contributed by atoms with Gasteiger partial charge < -0.3 is 10.1 Å². The number of hydrogen-bond acceptors (Lipinski definition) is 2. The van der Waals surface area contributed by atoms with E-state index in [4.69, 9.17) is 4.74 Å². The van der Waals surface area contributed by atoms with Gasteiger partial charge >= 0.3 is 0 Å². The van der Waals surface area contributed by atoms with Gasteiger partial charge in [-0.3, -0.25) is 0 Å². The first kappa shape index (κ1) is 14.4. The Morgan fingerprint density at radius 3 is 2.84 bits per heavy atom. The summed E-state index contributed by atoms with van der Waals surface area (Å²) in [4.78, 5) is 0. The van der Waals surface area contributed by atoms with Gasteiger partial charge in [0.05, 0.1) is 7.11 Å². The highest BCUT2D eigenvalue weighted by Crippen LogP contribution is 2.33. The van der Waals surface area contributed by atoms with Crippen LogP contribution in [0.25, 0.3) is 0 Å². The van der Waals surface area contributed by atoms with Gasteiger partial charge in [-0.2, -0.15) is 0 Å². The molecule has 106 valence electrons. The topological polar surface area (TPSA) is 21.3 Å². The lowest BCUT2D eigenvalue weighted by Gasteiger charge is -2.36. The predicted octanol–water partition coefficient (Wildman–Crippen LogP) is 3.65. The van der Waals surface area contributed by atoms with E-state index in [-0.39, 0.29) is 0 Å². The summed E-state index contributed by atoms with van der Waals surface area (Å²) >= 11 is 0. The first-order chi connectivity index (χ1) is 9.26. The molecule has 1 aromatic rings. The summed E-state index contributed by atoms with van der Waals surface area (Å²) < 4.78 is 5.32. The highest BCUT2D eigenvalue weighted by molar-refractivity contribution is 5.28. The van der Waals surface area contributed by atoms with Gasteiger partial charge in [0.1, 0.15) is 5.75 Å². The molecule has 2 heteroatoms. The molecule has 0 saturated heterocycles. The minimum atomic E-state index is 0.675. The summed E-state index contributed by atoms with van der Waals surface area (Å²) in [6.07, 6.45) is 6.56. The first-order valence-electron chi connectivity index (χ1n) is 7.57. The Morgan fingerprint density at radius 2 is 2.16 bits per heavy atom. The molecular weight excluding hydrogens is 234 g/mol. The van der Waals surface area contributed by atoms with Gasteiger partial charge in [0, 0.05) is 6.04 Å². The normalized spacial score (nSPS) is 27.2. The average Bonchev–Trinajstić information content (AvgIpc) is 2.47. The third kappa shape index (κ3) is 3.73. The molecule has 1 saturated carbocycles. The van der Waals surface area contributed by atoms with Crippen molar-refractivity contribution in [3.8, 4) is 5.75 Å². The van der Waals surface area contributed by atoms with Crippen LogP contribution in [0.1, 0.15) is 38.2 Å². The van der Waals surface area contributed by atoms with Crippen LogP contribution in [0.4, 0.5) is 0 Å². The number of ether oxygens (including phenoxy) is 1. The van der Waals surface area contributed by atoms with Crippen LogP contribution in [0.5, 0.6) is 5.75 Å². The van der Waals surface area contributed by atoms with E-state index >= 15 is 0 Å². The fourth-order valence-electron chi connectivity index (χ4n) is 3.44. The summed E-state index contributed by atoms with van der Waals surface area (Å²) in [6.45, 7) is 2.33. The molecule has 0 radical (unpaired) electrons. The molecule has 2 rings (SSSR count). The van der Waals surface area contributed by atoms with Gasteiger partial charge in [0.25, 0.3) is 0 Å². The van der Waals surface area contributed by atoms with E-state index in [9.17, 15) is 0 Å². The summed E-state index contributed by atoms with van der Waals surface area (Å²) in [6, 6.07) is 9.21. The molecule has 0 aliphatic heterocycles. The van der Waals surface area contributed by atoms with E-state index in [1.807, 2.05) is 6.07 Å². The molecule has 3 atom stereocenters. The summed E-state index contributed by atoms with van der Waals surface area (Å²) in [5.41, 5.74) is 1.40.